The lowest BCUT2D eigenvalue weighted by atomic mass is 10.2. The third kappa shape index (κ3) is 4.05. The van der Waals surface area contributed by atoms with Crippen LogP contribution in [0, 0.1) is 6.92 Å². The van der Waals surface area contributed by atoms with E-state index in [-0.39, 0.29) is 11.2 Å². The van der Waals surface area contributed by atoms with Gasteiger partial charge in [0.25, 0.3) is 0 Å². The molecule has 0 saturated heterocycles. The molecule has 1 heterocycles. The Balaban J connectivity index is 2.95. The second-order valence-electron chi connectivity index (χ2n) is 5.96. The van der Waals surface area contributed by atoms with Gasteiger partial charge < -0.3 is 9.47 Å². The van der Waals surface area contributed by atoms with Crippen molar-refractivity contribution in [2.45, 2.75) is 59.7 Å². The number of rotatable bonds is 2. The van der Waals surface area contributed by atoms with Crippen molar-refractivity contribution in [1.29, 1.82) is 0 Å². The summed E-state index contributed by atoms with van der Waals surface area (Å²) < 4.78 is 11.8. The van der Waals surface area contributed by atoms with Gasteiger partial charge in [0, 0.05) is 10.9 Å². The molecule has 1 aromatic heterocycles. The zero-order valence-corrected chi connectivity index (χ0v) is 12.1. The summed E-state index contributed by atoms with van der Waals surface area (Å²) in [5, 5.41) is 2.95. The molecule has 0 bridgehead atoms. The largest absolute Gasteiger partial charge is 0.483 e. The van der Waals surface area contributed by atoms with E-state index in [0.717, 1.165) is 16.4 Å². The van der Waals surface area contributed by atoms with E-state index < -0.39 is 0 Å². The Hall–Kier alpha value is -0.700. The van der Waals surface area contributed by atoms with Crippen molar-refractivity contribution in [3.05, 3.63) is 10.9 Å². The molecule has 3 heteroatoms. The van der Waals surface area contributed by atoms with Crippen LogP contribution in [-0.2, 0) is 0 Å². The molecule has 0 unspecified atom stereocenters. The molecule has 0 atom stereocenters. The number of aryl methyl sites for hydroxylation is 1. The van der Waals surface area contributed by atoms with Crippen LogP contribution in [0.25, 0.3) is 0 Å². The van der Waals surface area contributed by atoms with Gasteiger partial charge in [-0.3, -0.25) is 0 Å². The molecular weight excluding hydrogens is 220 g/mol. The zero-order valence-electron chi connectivity index (χ0n) is 11.3. The van der Waals surface area contributed by atoms with Crippen molar-refractivity contribution in [3.63, 3.8) is 0 Å². The van der Waals surface area contributed by atoms with Crippen molar-refractivity contribution in [2.24, 2.45) is 0 Å². The minimum atomic E-state index is -0.193. The molecule has 0 aliphatic carbocycles. The summed E-state index contributed by atoms with van der Waals surface area (Å²) >= 11 is 1.60. The van der Waals surface area contributed by atoms with Gasteiger partial charge in [-0.15, -0.1) is 11.3 Å². The average molecular weight is 242 g/mol. The van der Waals surface area contributed by atoms with Gasteiger partial charge in [0.15, 0.2) is 5.75 Å². The molecule has 0 aliphatic heterocycles. The summed E-state index contributed by atoms with van der Waals surface area (Å²) in [6.07, 6.45) is 0. The number of hydrogen-bond donors (Lipinski definition) is 0. The molecule has 0 saturated carbocycles. The monoisotopic (exact) mass is 242 g/mol. The third-order valence-corrected chi connectivity index (χ3v) is 2.65. The predicted molar refractivity (Wildman–Crippen MR) is 69.8 cm³/mol. The first-order valence-corrected chi connectivity index (χ1v) is 6.42. The zero-order chi connectivity index (χ0) is 12.6. The molecule has 0 N–H and O–H groups in total. The fourth-order valence-corrected chi connectivity index (χ4v) is 2.19. The van der Waals surface area contributed by atoms with Gasteiger partial charge in [-0.25, -0.2) is 0 Å². The van der Waals surface area contributed by atoms with E-state index in [1.165, 1.54) is 0 Å². The summed E-state index contributed by atoms with van der Waals surface area (Å²) in [4.78, 5) is 0. The van der Waals surface area contributed by atoms with Gasteiger partial charge in [-0.05, 0) is 48.5 Å². The lowest BCUT2D eigenvalue weighted by molar-refractivity contribution is 0.0996. The first-order chi connectivity index (χ1) is 7.08. The second kappa shape index (κ2) is 4.28. The van der Waals surface area contributed by atoms with Gasteiger partial charge in [0.1, 0.15) is 11.2 Å². The highest BCUT2D eigenvalue weighted by Gasteiger charge is 2.22. The molecule has 0 amide bonds. The highest BCUT2D eigenvalue weighted by Crippen LogP contribution is 2.41. The van der Waals surface area contributed by atoms with E-state index in [4.69, 9.17) is 9.47 Å². The quantitative estimate of drug-likeness (QED) is 0.764. The van der Waals surface area contributed by atoms with E-state index in [9.17, 15) is 0 Å². The third-order valence-electron chi connectivity index (χ3n) is 1.69. The highest BCUT2D eigenvalue weighted by atomic mass is 32.1. The molecule has 2 nitrogen and oxygen atoms in total. The van der Waals surface area contributed by atoms with E-state index >= 15 is 0 Å². The van der Waals surface area contributed by atoms with Crippen molar-refractivity contribution in [3.8, 4) is 10.8 Å². The number of thiophene rings is 1. The van der Waals surface area contributed by atoms with Crippen LogP contribution in [0.15, 0.2) is 5.38 Å². The highest BCUT2D eigenvalue weighted by molar-refractivity contribution is 7.12. The Morgan fingerprint density at radius 2 is 1.44 bits per heavy atom. The van der Waals surface area contributed by atoms with E-state index in [1.807, 2.05) is 48.5 Å². The minimum absolute atomic E-state index is 0.187. The molecule has 16 heavy (non-hydrogen) atoms. The molecule has 0 fully saturated rings. The van der Waals surface area contributed by atoms with Gasteiger partial charge in [0.05, 0.1) is 0 Å². The molecule has 1 aromatic rings. The predicted octanol–water partition coefficient (Wildman–Crippen LogP) is 4.41. The van der Waals surface area contributed by atoms with Crippen LogP contribution in [0.5, 0.6) is 10.8 Å². The Morgan fingerprint density at radius 3 is 1.88 bits per heavy atom. The molecule has 1 rings (SSSR count). The van der Waals surface area contributed by atoms with Crippen LogP contribution in [0.1, 0.15) is 47.1 Å². The smallest absolute Gasteiger partial charge is 0.217 e. The fraction of sp³-hybridized carbons (Fsp3) is 0.692. The van der Waals surface area contributed by atoms with E-state index in [2.05, 4.69) is 5.38 Å². The van der Waals surface area contributed by atoms with Crippen molar-refractivity contribution in [1.82, 2.24) is 0 Å². The summed E-state index contributed by atoms with van der Waals surface area (Å²) in [5.74, 6) is 0.882. The molecule has 0 spiro atoms. The maximum absolute atomic E-state index is 5.93. The normalized spacial score (nSPS) is 12.7. The van der Waals surface area contributed by atoms with Gasteiger partial charge in [-0.2, -0.15) is 0 Å². The van der Waals surface area contributed by atoms with Crippen LogP contribution >= 0.6 is 11.3 Å². The van der Waals surface area contributed by atoms with Crippen LogP contribution in [0.3, 0.4) is 0 Å². The Labute approximate surface area is 103 Å². The minimum Gasteiger partial charge on any atom is -0.483 e. The maximum Gasteiger partial charge on any atom is 0.217 e. The van der Waals surface area contributed by atoms with E-state index in [0.29, 0.717) is 0 Å². The fourth-order valence-electron chi connectivity index (χ4n) is 1.19. The van der Waals surface area contributed by atoms with Gasteiger partial charge >= 0.3 is 0 Å². The van der Waals surface area contributed by atoms with E-state index in [1.54, 1.807) is 11.3 Å². The lowest BCUT2D eigenvalue weighted by Crippen LogP contribution is -2.26. The molecule has 0 aromatic carbocycles. The Kier molecular flexibility index (Phi) is 3.58. The van der Waals surface area contributed by atoms with Crippen LogP contribution < -0.4 is 9.47 Å². The number of hydrogen-bond acceptors (Lipinski definition) is 3. The lowest BCUT2D eigenvalue weighted by Gasteiger charge is -2.25. The summed E-state index contributed by atoms with van der Waals surface area (Å²) in [6, 6.07) is 0. The van der Waals surface area contributed by atoms with Crippen LogP contribution in [0.4, 0.5) is 0 Å². The maximum atomic E-state index is 5.93. The van der Waals surface area contributed by atoms with Crippen molar-refractivity contribution in [2.75, 3.05) is 0 Å². The molecule has 92 valence electrons. The molecule has 0 radical (unpaired) electrons. The Bertz CT molecular complexity index is 353. The summed E-state index contributed by atoms with van der Waals surface area (Å²) in [6.45, 7) is 14.3. The van der Waals surface area contributed by atoms with Crippen molar-refractivity contribution < 1.29 is 9.47 Å². The average Bonchev–Trinajstić information content (AvgIpc) is 2.30. The topological polar surface area (TPSA) is 18.5 Å². The SMILES string of the molecule is Cc1csc(OC(C)(C)C)c1OC(C)(C)C. The first kappa shape index (κ1) is 13.4. The summed E-state index contributed by atoms with van der Waals surface area (Å²) in [5.41, 5.74) is 0.758. The standard InChI is InChI=1S/C13H22O2S/c1-9-8-16-11(15-13(5,6)7)10(9)14-12(2,3)4/h8H,1-7H3. The van der Waals surface area contributed by atoms with Crippen LogP contribution in [0.2, 0.25) is 0 Å². The molecular formula is C13H22O2S. The Morgan fingerprint density at radius 1 is 0.938 bits per heavy atom. The first-order valence-electron chi connectivity index (χ1n) is 5.54. The molecule has 0 aliphatic rings. The van der Waals surface area contributed by atoms with Crippen LogP contribution in [-0.4, -0.2) is 11.2 Å². The van der Waals surface area contributed by atoms with Gasteiger partial charge in [-0.1, -0.05) is 0 Å². The van der Waals surface area contributed by atoms with Gasteiger partial charge in [0.2, 0.25) is 5.06 Å². The summed E-state index contributed by atoms with van der Waals surface area (Å²) in [7, 11) is 0. The second-order valence-corrected chi connectivity index (χ2v) is 6.81. The number of ether oxygens (including phenoxy) is 2. The van der Waals surface area contributed by atoms with Crippen molar-refractivity contribution >= 4 is 11.3 Å².